The highest BCUT2D eigenvalue weighted by molar-refractivity contribution is 6.35. The molecule has 5 nitrogen and oxygen atoms in total. The van der Waals surface area contributed by atoms with Gasteiger partial charge >= 0.3 is 5.69 Å². The summed E-state index contributed by atoms with van der Waals surface area (Å²) >= 11 is 11.7. The Bertz CT molecular complexity index is 560. The van der Waals surface area contributed by atoms with Gasteiger partial charge in [0.15, 0.2) is 0 Å². The van der Waals surface area contributed by atoms with Gasteiger partial charge in [-0.25, -0.2) is 4.79 Å². The Labute approximate surface area is 94.8 Å². The van der Waals surface area contributed by atoms with Crippen LogP contribution in [0.25, 0.3) is 5.69 Å². The fourth-order valence-electron chi connectivity index (χ4n) is 1.12. The highest BCUT2D eigenvalue weighted by atomic mass is 35.5. The zero-order chi connectivity index (χ0) is 11.0. The Balaban J connectivity index is 2.64. The van der Waals surface area contributed by atoms with Gasteiger partial charge in [-0.15, -0.1) is 0 Å². The Hall–Kier alpha value is -1.33. The van der Waals surface area contributed by atoms with E-state index in [2.05, 4.69) is 10.4 Å². The van der Waals surface area contributed by atoms with Gasteiger partial charge in [0.2, 0.25) is 0 Å². The predicted molar refractivity (Wildman–Crippen MR) is 56.6 cm³/mol. The molecular formula is C8H6Cl2N4O. The van der Waals surface area contributed by atoms with Gasteiger partial charge in [-0.2, -0.15) is 9.36 Å². The van der Waals surface area contributed by atoms with E-state index in [-0.39, 0.29) is 5.69 Å². The highest BCUT2D eigenvalue weighted by Gasteiger charge is 2.09. The molecule has 78 valence electrons. The first kappa shape index (κ1) is 10.2. The number of benzene rings is 1. The molecule has 0 unspecified atom stereocenters. The van der Waals surface area contributed by atoms with Crippen molar-refractivity contribution in [1.82, 2.24) is 19.8 Å². The van der Waals surface area contributed by atoms with Gasteiger partial charge in [0.25, 0.3) is 0 Å². The lowest BCUT2D eigenvalue weighted by Gasteiger charge is -2.01. The van der Waals surface area contributed by atoms with Crippen molar-refractivity contribution in [2.24, 2.45) is 7.05 Å². The highest BCUT2D eigenvalue weighted by Crippen LogP contribution is 2.22. The van der Waals surface area contributed by atoms with Crippen LogP contribution in [0, 0.1) is 0 Å². The van der Waals surface area contributed by atoms with E-state index < -0.39 is 0 Å². The predicted octanol–water partition coefficient (Wildman–Crippen LogP) is 1.27. The van der Waals surface area contributed by atoms with E-state index in [0.717, 1.165) is 9.36 Å². The molecule has 0 fully saturated rings. The minimum Gasteiger partial charge on any atom is -0.244 e. The normalized spacial score (nSPS) is 10.6. The smallest absolute Gasteiger partial charge is 0.244 e. The summed E-state index contributed by atoms with van der Waals surface area (Å²) in [6, 6.07) is 4.78. The van der Waals surface area contributed by atoms with Crippen LogP contribution in [0.2, 0.25) is 10.0 Å². The molecule has 2 rings (SSSR count). The summed E-state index contributed by atoms with van der Waals surface area (Å²) in [6.07, 6.45) is 0. The molecule has 0 radical (unpaired) electrons. The van der Waals surface area contributed by atoms with Crippen molar-refractivity contribution >= 4 is 23.2 Å². The van der Waals surface area contributed by atoms with Crippen molar-refractivity contribution in [2.45, 2.75) is 0 Å². The molecular weight excluding hydrogens is 239 g/mol. The third-order valence-electron chi connectivity index (χ3n) is 1.86. The summed E-state index contributed by atoms with van der Waals surface area (Å²) in [5.74, 6) is 0. The van der Waals surface area contributed by atoms with Crippen LogP contribution in [-0.2, 0) is 7.05 Å². The summed E-state index contributed by atoms with van der Waals surface area (Å²) in [4.78, 5) is 11.5. The number of nitrogens with zero attached hydrogens (tertiary/aromatic N) is 4. The molecule has 15 heavy (non-hydrogen) atoms. The van der Waals surface area contributed by atoms with Crippen molar-refractivity contribution in [3.05, 3.63) is 38.7 Å². The van der Waals surface area contributed by atoms with Gasteiger partial charge < -0.3 is 0 Å². The average Bonchev–Trinajstić information content (AvgIpc) is 2.49. The van der Waals surface area contributed by atoms with Crippen LogP contribution in [0.1, 0.15) is 0 Å². The average molecular weight is 245 g/mol. The maximum absolute atomic E-state index is 11.5. The molecule has 1 aromatic carbocycles. The van der Waals surface area contributed by atoms with Crippen molar-refractivity contribution < 1.29 is 0 Å². The van der Waals surface area contributed by atoms with E-state index in [0.29, 0.717) is 15.7 Å². The standard InChI is InChI=1S/C8H6Cl2N4O/c1-13-8(15)14(12-11-13)7-3-2-5(9)4-6(7)10/h2-4H,1H3. The van der Waals surface area contributed by atoms with Gasteiger partial charge in [-0.05, 0) is 28.6 Å². The van der Waals surface area contributed by atoms with E-state index in [1.807, 2.05) is 0 Å². The van der Waals surface area contributed by atoms with Gasteiger partial charge in [0.05, 0.1) is 10.7 Å². The fraction of sp³-hybridized carbons (Fsp3) is 0.125. The number of rotatable bonds is 1. The monoisotopic (exact) mass is 244 g/mol. The number of tetrazole rings is 1. The Kier molecular flexibility index (Phi) is 2.50. The lowest BCUT2D eigenvalue weighted by molar-refractivity contribution is 0.693. The van der Waals surface area contributed by atoms with Crippen molar-refractivity contribution in [3.8, 4) is 5.69 Å². The van der Waals surface area contributed by atoms with E-state index in [1.54, 1.807) is 18.2 Å². The summed E-state index contributed by atoms with van der Waals surface area (Å²) < 4.78 is 2.23. The molecule has 0 spiro atoms. The maximum Gasteiger partial charge on any atom is 0.368 e. The zero-order valence-electron chi connectivity index (χ0n) is 7.69. The van der Waals surface area contributed by atoms with Crippen LogP contribution >= 0.6 is 23.2 Å². The fourth-order valence-corrected chi connectivity index (χ4v) is 1.61. The second-order valence-corrected chi connectivity index (χ2v) is 3.74. The summed E-state index contributed by atoms with van der Waals surface area (Å²) in [5, 5.41) is 8.10. The first-order chi connectivity index (χ1) is 7.09. The molecule has 0 saturated carbocycles. The molecule has 0 saturated heterocycles. The Morgan fingerprint density at radius 2 is 2.00 bits per heavy atom. The van der Waals surface area contributed by atoms with Crippen LogP contribution in [0.5, 0.6) is 0 Å². The molecule has 0 aliphatic rings. The molecule has 1 aromatic heterocycles. The van der Waals surface area contributed by atoms with E-state index in [9.17, 15) is 4.79 Å². The lowest BCUT2D eigenvalue weighted by Crippen LogP contribution is -2.22. The number of aryl methyl sites for hydroxylation is 1. The lowest BCUT2D eigenvalue weighted by atomic mass is 10.3. The third-order valence-corrected chi connectivity index (χ3v) is 2.40. The SMILES string of the molecule is Cn1nnn(-c2ccc(Cl)cc2Cl)c1=O. The third kappa shape index (κ3) is 1.75. The molecule has 0 aliphatic heterocycles. The molecule has 0 aliphatic carbocycles. The minimum absolute atomic E-state index is 0.352. The van der Waals surface area contributed by atoms with Crippen molar-refractivity contribution in [3.63, 3.8) is 0 Å². The number of aromatic nitrogens is 4. The molecule has 7 heteroatoms. The maximum atomic E-state index is 11.5. The minimum atomic E-state index is -0.362. The topological polar surface area (TPSA) is 52.7 Å². The second kappa shape index (κ2) is 3.67. The van der Waals surface area contributed by atoms with E-state index in [4.69, 9.17) is 23.2 Å². The summed E-state index contributed by atoms with van der Waals surface area (Å²) in [5.41, 5.74) is 0.0957. The quantitative estimate of drug-likeness (QED) is 0.760. The first-order valence-electron chi connectivity index (χ1n) is 4.04. The van der Waals surface area contributed by atoms with E-state index in [1.165, 1.54) is 7.05 Å². The Morgan fingerprint density at radius 1 is 1.27 bits per heavy atom. The van der Waals surface area contributed by atoms with Crippen LogP contribution in [0.15, 0.2) is 23.0 Å². The molecule has 2 aromatic rings. The van der Waals surface area contributed by atoms with Crippen molar-refractivity contribution in [2.75, 3.05) is 0 Å². The molecule has 0 N–H and O–H groups in total. The van der Waals surface area contributed by atoms with Crippen LogP contribution in [0.3, 0.4) is 0 Å². The number of hydrogen-bond donors (Lipinski definition) is 0. The van der Waals surface area contributed by atoms with Gasteiger partial charge in [0, 0.05) is 12.1 Å². The largest absolute Gasteiger partial charge is 0.368 e. The first-order valence-corrected chi connectivity index (χ1v) is 4.79. The summed E-state index contributed by atoms with van der Waals surface area (Å²) in [6.45, 7) is 0. The molecule has 1 heterocycles. The molecule has 0 amide bonds. The number of halogens is 2. The van der Waals surface area contributed by atoms with Crippen LogP contribution < -0.4 is 5.69 Å². The van der Waals surface area contributed by atoms with Crippen LogP contribution in [-0.4, -0.2) is 19.8 Å². The second-order valence-electron chi connectivity index (χ2n) is 2.89. The van der Waals surface area contributed by atoms with E-state index >= 15 is 0 Å². The summed E-state index contributed by atoms with van der Waals surface area (Å²) in [7, 11) is 1.51. The van der Waals surface area contributed by atoms with Gasteiger partial charge in [-0.3, -0.25) is 0 Å². The zero-order valence-corrected chi connectivity index (χ0v) is 9.20. The number of hydrogen-bond acceptors (Lipinski definition) is 3. The molecule has 0 atom stereocenters. The molecule has 0 bridgehead atoms. The van der Waals surface area contributed by atoms with Crippen LogP contribution in [0.4, 0.5) is 0 Å². The Morgan fingerprint density at radius 3 is 2.53 bits per heavy atom. The van der Waals surface area contributed by atoms with Gasteiger partial charge in [-0.1, -0.05) is 23.2 Å². The van der Waals surface area contributed by atoms with Crippen molar-refractivity contribution in [1.29, 1.82) is 0 Å². The van der Waals surface area contributed by atoms with Gasteiger partial charge in [0.1, 0.15) is 0 Å².